The number of carbonyl (C=O) groups excluding carboxylic acids is 2. The first-order valence-electron chi connectivity index (χ1n) is 13.6. The second-order valence-electron chi connectivity index (χ2n) is 11.1. The highest BCUT2D eigenvalue weighted by molar-refractivity contribution is 6.99. The number of ether oxygens (including phenoxy) is 2. The Morgan fingerprint density at radius 1 is 0.846 bits per heavy atom. The maximum absolute atomic E-state index is 13.4. The van der Waals surface area contributed by atoms with E-state index < -0.39 is 14.4 Å². The minimum absolute atomic E-state index is 0.168. The highest BCUT2D eigenvalue weighted by Gasteiger charge is 2.51. The lowest BCUT2D eigenvalue weighted by Crippen LogP contribution is -2.67. The third-order valence-corrected chi connectivity index (χ3v) is 12.6. The van der Waals surface area contributed by atoms with Crippen LogP contribution in [0, 0.1) is 5.92 Å². The Bertz CT molecular complexity index is 1170. The van der Waals surface area contributed by atoms with Crippen LogP contribution in [-0.2, 0) is 25.3 Å². The van der Waals surface area contributed by atoms with Crippen LogP contribution >= 0.6 is 0 Å². The standard InChI is InChI=1S/C32H39NO5Si/c1-32(2,3)39(28-16-10-6-11-17-28,29-18-12-7-13-19-29)38-24-27-21-20-26(30(34)36-4)22-33(27)31(35)37-23-25-14-8-5-9-15-25/h5-19,26-27H,20-24H2,1-4H3/t26-,27+/m1/s1. The molecule has 3 aromatic carbocycles. The second kappa shape index (κ2) is 12.6. The fraction of sp³-hybridized carbons (Fsp3) is 0.375. The van der Waals surface area contributed by atoms with E-state index in [0.29, 0.717) is 19.4 Å². The molecule has 2 atom stereocenters. The molecule has 4 rings (SSSR count). The zero-order valence-electron chi connectivity index (χ0n) is 23.3. The number of benzene rings is 3. The third kappa shape index (κ3) is 6.42. The number of amides is 1. The Labute approximate surface area is 233 Å². The molecule has 39 heavy (non-hydrogen) atoms. The average molecular weight is 546 g/mol. The molecule has 0 bridgehead atoms. The summed E-state index contributed by atoms with van der Waals surface area (Å²) in [4.78, 5) is 27.5. The van der Waals surface area contributed by atoms with Gasteiger partial charge >= 0.3 is 12.1 Å². The molecular weight excluding hydrogens is 506 g/mol. The van der Waals surface area contributed by atoms with Crippen LogP contribution in [0.15, 0.2) is 91.0 Å². The molecule has 6 nitrogen and oxygen atoms in total. The maximum Gasteiger partial charge on any atom is 0.410 e. The number of esters is 1. The lowest BCUT2D eigenvalue weighted by molar-refractivity contribution is -0.147. The van der Waals surface area contributed by atoms with Gasteiger partial charge in [0.15, 0.2) is 0 Å². The quantitative estimate of drug-likeness (QED) is 0.289. The van der Waals surface area contributed by atoms with Gasteiger partial charge in [-0.15, -0.1) is 0 Å². The molecule has 0 saturated carbocycles. The summed E-state index contributed by atoms with van der Waals surface area (Å²) in [6, 6.07) is 30.3. The predicted molar refractivity (Wildman–Crippen MR) is 155 cm³/mol. The maximum atomic E-state index is 13.4. The molecule has 206 valence electrons. The average Bonchev–Trinajstić information content (AvgIpc) is 2.97. The van der Waals surface area contributed by atoms with E-state index in [2.05, 4.69) is 69.3 Å². The van der Waals surface area contributed by atoms with Crippen molar-refractivity contribution in [2.24, 2.45) is 5.92 Å². The summed E-state index contributed by atoms with van der Waals surface area (Å²) in [6.07, 6.45) is 0.811. The Morgan fingerprint density at radius 3 is 1.90 bits per heavy atom. The first-order chi connectivity index (χ1) is 18.8. The Balaban J connectivity index is 1.63. The van der Waals surface area contributed by atoms with Crippen LogP contribution in [-0.4, -0.2) is 51.6 Å². The summed E-state index contributed by atoms with van der Waals surface area (Å²) >= 11 is 0. The number of hydrogen-bond acceptors (Lipinski definition) is 5. The van der Waals surface area contributed by atoms with Gasteiger partial charge in [0.25, 0.3) is 8.32 Å². The highest BCUT2D eigenvalue weighted by atomic mass is 28.4. The van der Waals surface area contributed by atoms with Crippen molar-refractivity contribution in [2.45, 2.75) is 51.3 Å². The minimum atomic E-state index is -2.78. The van der Waals surface area contributed by atoms with Crippen molar-refractivity contribution in [1.29, 1.82) is 0 Å². The number of hydrogen-bond donors (Lipinski definition) is 0. The molecule has 3 aromatic rings. The van der Waals surface area contributed by atoms with E-state index >= 15 is 0 Å². The first-order valence-corrected chi connectivity index (χ1v) is 15.5. The van der Waals surface area contributed by atoms with Gasteiger partial charge in [0.1, 0.15) is 6.61 Å². The van der Waals surface area contributed by atoms with Crippen LogP contribution in [0.5, 0.6) is 0 Å². The molecule has 1 aliphatic heterocycles. The molecule has 1 aliphatic rings. The number of nitrogens with zero attached hydrogens (tertiary/aromatic N) is 1. The van der Waals surface area contributed by atoms with Gasteiger partial charge in [-0.2, -0.15) is 0 Å². The lowest BCUT2D eigenvalue weighted by Gasteiger charge is -2.45. The molecule has 0 spiro atoms. The van der Waals surface area contributed by atoms with Crippen LogP contribution in [0.1, 0.15) is 39.2 Å². The van der Waals surface area contributed by atoms with Gasteiger partial charge < -0.3 is 18.8 Å². The largest absolute Gasteiger partial charge is 0.469 e. The Hall–Kier alpha value is -3.42. The van der Waals surface area contributed by atoms with Crippen LogP contribution in [0.25, 0.3) is 0 Å². The van der Waals surface area contributed by atoms with Gasteiger partial charge in [-0.1, -0.05) is 112 Å². The van der Waals surface area contributed by atoms with Gasteiger partial charge in [0.2, 0.25) is 0 Å². The monoisotopic (exact) mass is 545 g/mol. The molecule has 1 amide bonds. The molecule has 0 aliphatic carbocycles. The summed E-state index contributed by atoms with van der Waals surface area (Å²) in [7, 11) is -1.40. The van der Waals surface area contributed by atoms with Crippen molar-refractivity contribution in [1.82, 2.24) is 4.90 Å². The van der Waals surface area contributed by atoms with Crippen molar-refractivity contribution in [3.8, 4) is 0 Å². The van der Waals surface area contributed by atoms with Crippen LogP contribution < -0.4 is 10.4 Å². The zero-order valence-corrected chi connectivity index (χ0v) is 24.3. The van der Waals surface area contributed by atoms with E-state index in [9.17, 15) is 9.59 Å². The number of methoxy groups -OCH3 is 1. The Morgan fingerprint density at radius 2 is 1.38 bits per heavy atom. The van der Waals surface area contributed by atoms with E-state index in [1.807, 2.05) is 42.5 Å². The topological polar surface area (TPSA) is 65.1 Å². The van der Waals surface area contributed by atoms with Crippen molar-refractivity contribution >= 4 is 30.8 Å². The van der Waals surface area contributed by atoms with Crippen molar-refractivity contribution < 1.29 is 23.5 Å². The predicted octanol–water partition coefficient (Wildman–Crippen LogP) is 5.15. The molecule has 7 heteroatoms. The molecule has 0 radical (unpaired) electrons. The molecule has 1 saturated heterocycles. The van der Waals surface area contributed by atoms with Crippen molar-refractivity contribution in [2.75, 3.05) is 20.3 Å². The van der Waals surface area contributed by atoms with E-state index in [-0.39, 0.29) is 36.1 Å². The Kier molecular flexibility index (Phi) is 9.25. The lowest BCUT2D eigenvalue weighted by atomic mass is 9.93. The molecule has 0 unspecified atom stereocenters. The molecule has 0 aromatic heterocycles. The number of carbonyl (C=O) groups is 2. The van der Waals surface area contributed by atoms with E-state index in [4.69, 9.17) is 13.9 Å². The molecule has 0 N–H and O–H groups in total. The normalized spacial score (nSPS) is 17.9. The van der Waals surface area contributed by atoms with Gasteiger partial charge in [-0.3, -0.25) is 4.79 Å². The summed E-state index contributed by atoms with van der Waals surface area (Å²) in [5.41, 5.74) is 0.910. The second-order valence-corrected chi connectivity index (χ2v) is 15.4. The fourth-order valence-corrected chi connectivity index (χ4v) is 10.2. The van der Waals surface area contributed by atoms with Gasteiger partial charge in [0, 0.05) is 6.54 Å². The van der Waals surface area contributed by atoms with Crippen molar-refractivity contribution in [3.63, 3.8) is 0 Å². The molecule has 1 heterocycles. The molecular formula is C32H39NO5Si. The zero-order chi connectivity index (χ0) is 27.9. The number of likely N-dealkylation sites (tertiary alicyclic amines) is 1. The van der Waals surface area contributed by atoms with Gasteiger partial charge in [-0.05, 0) is 33.8 Å². The van der Waals surface area contributed by atoms with E-state index in [1.165, 1.54) is 17.5 Å². The number of piperidine rings is 1. The SMILES string of the molecule is COC(=O)[C@@H]1CC[C@@H](CO[Si](c2ccccc2)(c2ccccc2)C(C)(C)C)N(C(=O)OCc2ccccc2)C1. The molecule has 1 fully saturated rings. The van der Waals surface area contributed by atoms with Gasteiger partial charge in [0.05, 0.1) is 25.7 Å². The summed E-state index contributed by atoms with van der Waals surface area (Å²) in [5, 5.41) is 2.19. The first kappa shape index (κ1) is 28.6. The smallest absolute Gasteiger partial charge is 0.410 e. The summed E-state index contributed by atoms with van der Waals surface area (Å²) < 4.78 is 17.9. The fourth-order valence-electron chi connectivity index (χ4n) is 5.57. The van der Waals surface area contributed by atoms with Crippen LogP contribution in [0.3, 0.4) is 0 Å². The minimum Gasteiger partial charge on any atom is -0.469 e. The summed E-state index contributed by atoms with van der Waals surface area (Å²) in [5.74, 6) is -0.689. The van der Waals surface area contributed by atoms with E-state index in [1.54, 1.807) is 4.90 Å². The third-order valence-electron chi connectivity index (χ3n) is 7.59. The van der Waals surface area contributed by atoms with Crippen molar-refractivity contribution in [3.05, 3.63) is 96.6 Å². The summed E-state index contributed by atoms with van der Waals surface area (Å²) in [6.45, 7) is 7.47. The van der Waals surface area contributed by atoms with Crippen LogP contribution in [0.2, 0.25) is 5.04 Å². The highest BCUT2D eigenvalue weighted by Crippen LogP contribution is 2.37. The van der Waals surface area contributed by atoms with Crippen LogP contribution in [0.4, 0.5) is 4.79 Å². The van der Waals surface area contributed by atoms with Gasteiger partial charge in [-0.25, -0.2) is 4.79 Å². The number of rotatable bonds is 8. The van der Waals surface area contributed by atoms with E-state index in [0.717, 1.165) is 5.56 Å².